The highest BCUT2D eigenvalue weighted by Crippen LogP contribution is 2.34. The molecule has 0 aromatic carbocycles. The minimum absolute atomic E-state index is 0.149. The van der Waals surface area contributed by atoms with Crippen LogP contribution in [0.1, 0.15) is 57.4 Å². The summed E-state index contributed by atoms with van der Waals surface area (Å²) in [5.74, 6) is 0.528. The smallest absolute Gasteiger partial charge is 0.141 e. The van der Waals surface area contributed by atoms with Crippen molar-refractivity contribution in [2.75, 3.05) is 0 Å². The first-order valence-electron chi connectivity index (χ1n) is 9.56. The Morgan fingerprint density at radius 3 is 2.81 bits per heavy atom. The highest BCUT2D eigenvalue weighted by molar-refractivity contribution is 5.89. The average molecular weight is 348 g/mol. The van der Waals surface area contributed by atoms with Crippen LogP contribution in [0.3, 0.4) is 0 Å². The molecule has 1 aliphatic carbocycles. The zero-order chi connectivity index (χ0) is 17.8. The van der Waals surface area contributed by atoms with E-state index in [1.165, 1.54) is 44.9 Å². The molecule has 1 unspecified atom stereocenters. The fraction of sp³-hybridized carbons (Fsp3) is 0.500. The third-order valence-corrected chi connectivity index (χ3v) is 5.56. The van der Waals surface area contributed by atoms with E-state index in [9.17, 15) is 5.26 Å². The van der Waals surface area contributed by atoms with Crippen LogP contribution < -0.4 is 0 Å². The van der Waals surface area contributed by atoms with E-state index in [0.717, 1.165) is 22.3 Å². The standard InChI is InChI=1S/C20H24N6/c21-10-8-18(15-6-4-2-1-3-5-7-15)26-13-16(12-25-26)19-17-9-11-22-20(17)24-14-23-19/h9,11-15,18H,1-8H2,(H,22,23,24). The van der Waals surface area contributed by atoms with Crippen LogP contribution in [-0.2, 0) is 0 Å². The van der Waals surface area contributed by atoms with Crippen molar-refractivity contribution in [1.29, 1.82) is 5.26 Å². The van der Waals surface area contributed by atoms with E-state index >= 15 is 0 Å². The molecule has 1 atom stereocenters. The summed E-state index contributed by atoms with van der Waals surface area (Å²) in [6.45, 7) is 0. The average Bonchev–Trinajstić information content (AvgIpc) is 3.29. The van der Waals surface area contributed by atoms with Gasteiger partial charge in [0.1, 0.15) is 12.0 Å². The fourth-order valence-electron chi connectivity index (χ4n) is 4.19. The van der Waals surface area contributed by atoms with Gasteiger partial charge in [-0.25, -0.2) is 9.97 Å². The van der Waals surface area contributed by atoms with Gasteiger partial charge in [0.05, 0.1) is 30.4 Å². The molecule has 134 valence electrons. The van der Waals surface area contributed by atoms with Crippen molar-refractivity contribution in [3.8, 4) is 17.3 Å². The molecule has 3 heterocycles. The Balaban J connectivity index is 1.64. The number of hydrogen-bond acceptors (Lipinski definition) is 4. The molecule has 0 saturated heterocycles. The third kappa shape index (κ3) is 3.34. The van der Waals surface area contributed by atoms with Gasteiger partial charge in [0, 0.05) is 23.3 Å². The second-order valence-corrected chi connectivity index (χ2v) is 7.21. The number of nitrogens with one attached hydrogen (secondary N) is 1. The zero-order valence-corrected chi connectivity index (χ0v) is 14.9. The van der Waals surface area contributed by atoms with Crippen molar-refractivity contribution in [3.63, 3.8) is 0 Å². The van der Waals surface area contributed by atoms with Gasteiger partial charge in [-0.15, -0.1) is 0 Å². The molecule has 4 rings (SSSR count). The van der Waals surface area contributed by atoms with Crippen molar-refractivity contribution in [2.45, 2.75) is 57.4 Å². The highest BCUT2D eigenvalue weighted by atomic mass is 15.3. The summed E-state index contributed by atoms with van der Waals surface area (Å²) in [5, 5.41) is 15.0. The van der Waals surface area contributed by atoms with Crippen LogP contribution in [-0.4, -0.2) is 24.7 Å². The number of aromatic nitrogens is 5. The topological polar surface area (TPSA) is 83.2 Å². The summed E-state index contributed by atoms with van der Waals surface area (Å²) in [6.07, 6.45) is 16.8. The molecule has 1 N–H and O–H groups in total. The maximum absolute atomic E-state index is 9.38. The molecule has 1 saturated carbocycles. The first-order chi connectivity index (χ1) is 12.9. The fourth-order valence-corrected chi connectivity index (χ4v) is 4.19. The lowest BCUT2D eigenvalue weighted by Crippen LogP contribution is -2.21. The molecule has 26 heavy (non-hydrogen) atoms. The van der Waals surface area contributed by atoms with Crippen LogP contribution in [0.4, 0.5) is 0 Å². The van der Waals surface area contributed by atoms with Crippen molar-refractivity contribution in [1.82, 2.24) is 24.7 Å². The molecule has 6 heteroatoms. The molecule has 0 amide bonds. The van der Waals surface area contributed by atoms with Crippen molar-refractivity contribution in [2.24, 2.45) is 5.92 Å². The summed E-state index contributed by atoms with van der Waals surface area (Å²) in [6, 6.07) is 4.52. The van der Waals surface area contributed by atoms with E-state index in [1.807, 2.05) is 23.1 Å². The Morgan fingerprint density at radius 2 is 2.00 bits per heavy atom. The van der Waals surface area contributed by atoms with Crippen molar-refractivity contribution in [3.05, 3.63) is 31.0 Å². The lowest BCUT2D eigenvalue weighted by Gasteiger charge is -2.27. The Morgan fingerprint density at radius 1 is 1.19 bits per heavy atom. The molecule has 1 fully saturated rings. The Bertz CT molecular complexity index is 894. The first kappa shape index (κ1) is 16.8. The van der Waals surface area contributed by atoms with E-state index in [2.05, 4.69) is 32.3 Å². The normalized spacial score (nSPS) is 17.5. The van der Waals surface area contributed by atoms with Crippen LogP contribution >= 0.6 is 0 Å². The SMILES string of the molecule is N#CCC(C1CCCCCCC1)n1cc(-c2ncnc3[nH]ccc23)cn1. The molecule has 1 aliphatic rings. The van der Waals surface area contributed by atoms with E-state index < -0.39 is 0 Å². The quantitative estimate of drug-likeness (QED) is 0.744. The van der Waals surface area contributed by atoms with E-state index in [1.54, 1.807) is 6.33 Å². The number of nitrogens with zero attached hydrogens (tertiary/aromatic N) is 5. The Hall–Kier alpha value is -2.68. The Labute approximate surface area is 153 Å². The van der Waals surface area contributed by atoms with E-state index in [-0.39, 0.29) is 6.04 Å². The van der Waals surface area contributed by atoms with Crippen LogP contribution in [0.25, 0.3) is 22.3 Å². The molecule has 3 aromatic heterocycles. The van der Waals surface area contributed by atoms with Gasteiger partial charge < -0.3 is 4.98 Å². The van der Waals surface area contributed by atoms with E-state index in [4.69, 9.17) is 0 Å². The second kappa shape index (κ2) is 7.69. The maximum Gasteiger partial charge on any atom is 0.141 e. The maximum atomic E-state index is 9.38. The van der Waals surface area contributed by atoms with Gasteiger partial charge in [-0.3, -0.25) is 4.68 Å². The molecular formula is C20H24N6. The monoisotopic (exact) mass is 348 g/mol. The van der Waals surface area contributed by atoms with Gasteiger partial charge in [-0.1, -0.05) is 32.1 Å². The van der Waals surface area contributed by atoms with Crippen molar-refractivity contribution >= 4 is 11.0 Å². The summed E-state index contributed by atoms with van der Waals surface area (Å²) >= 11 is 0. The number of rotatable bonds is 4. The molecular weight excluding hydrogens is 324 g/mol. The Kier molecular flexibility index (Phi) is 4.96. The predicted octanol–water partition coefficient (Wildman–Crippen LogP) is 4.64. The van der Waals surface area contributed by atoms with Gasteiger partial charge in [-0.2, -0.15) is 10.4 Å². The minimum Gasteiger partial charge on any atom is -0.346 e. The number of fused-ring (bicyclic) bond motifs is 1. The van der Waals surface area contributed by atoms with Gasteiger partial charge in [0.2, 0.25) is 0 Å². The second-order valence-electron chi connectivity index (χ2n) is 7.21. The summed E-state index contributed by atoms with van der Waals surface area (Å²) in [4.78, 5) is 11.8. The number of aromatic amines is 1. The molecule has 3 aromatic rings. The van der Waals surface area contributed by atoms with Gasteiger partial charge in [0.15, 0.2) is 0 Å². The lowest BCUT2D eigenvalue weighted by atomic mass is 9.85. The largest absolute Gasteiger partial charge is 0.346 e. The van der Waals surface area contributed by atoms with Gasteiger partial charge >= 0.3 is 0 Å². The molecule has 0 aliphatic heterocycles. The number of nitriles is 1. The molecule has 6 nitrogen and oxygen atoms in total. The van der Waals surface area contributed by atoms with Crippen LogP contribution in [0.2, 0.25) is 0 Å². The third-order valence-electron chi connectivity index (χ3n) is 5.56. The van der Waals surface area contributed by atoms with Crippen molar-refractivity contribution < 1.29 is 0 Å². The van der Waals surface area contributed by atoms with Crippen LogP contribution in [0, 0.1) is 17.2 Å². The highest BCUT2D eigenvalue weighted by Gasteiger charge is 2.25. The van der Waals surface area contributed by atoms with Crippen LogP contribution in [0.5, 0.6) is 0 Å². The predicted molar refractivity (Wildman–Crippen MR) is 100 cm³/mol. The molecule has 0 spiro atoms. The number of H-pyrrole nitrogens is 1. The minimum atomic E-state index is 0.149. The molecule has 0 bridgehead atoms. The summed E-state index contributed by atoms with van der Waals surface area (Å²) < 4.78 is 2.01. The zero-order valence-electron chi connectivity index (χ0n) is 14.9. The lowest BCUT2D eigenvalue weighted by molar-refractivity contribution is 0.252. The summed E-state index contributed by atoms with van der Waals surface area (Å²) in [7, 11) is 0. The van der Waals surface area contributed by atoms with Crippen LogP contribution in [0.15, 0.2) is 31.0 Å². The van der Waals surface area contributed by atoms with Gasteiger partial charge in [0.25, 0.3) is 0 Å². The van der Waals surface area contributed by atoms with Gasteiger partial charge in [-0.05, 0) is 24.8 Å². The molecule has 0 radical (unpaired) electrons. The summed E-state index contributed by atoms with van der Waals surface area (Å²) in [5.41, 5.74) is 2.69. The number of hydrogen-bond donors (Lipinski definition) is 1. The first-order valence-corrected chi connectivity index (χ1v) is 9.56. The van der Waals surface area contributed by atoms with E-state index in [0.29, 0.717) is 12.3 Å².